The van der Waals surface area contributed by atoms with Gasteiger partial charge in [-0.3, -0.25) is 0 Å². The number of hydrogen-bond acceptors (Lipinski definition) is 5. The average Bonchev–Trinajstić information content (AvgIpc) is 3.09. The predicted molar refractivity (Wildman–Crippen MR) is 99.2 cm³/mol. The van der Waals surface area contributed by atoms with Gasteiger partial charge in [-0.2, -0.15) is 0 Å². The summed E-state index contributed by atoms with van der Waals surface area (Å²) in [6.07, 6.45) is 0. The second-order valence-electron chi connectivity index (χ2n) is 5.73. The molecule has 1 heterocycles. The molecule has 0 amide bonds. The summed E-state index contributed by atoms with van der Waals surface area (Å²) in [5.74, 6) is -0.538. The third-order valence-electron chi connectivity index (χ3n) is 3.70. The van der Waals surface area contributed by atoms with Gasteiger partial charge in [0.2, 0.25) is 20.7 Å². The molecule has 3 rings (SSSR count). The van der Waals surface area contributed by atoms with Crippen LogP contribution >= 0.6 is 15.9 Å². The maximum atomic E-state index is 12.6. The van der Waals surface area contributed by atoms with E-state index in [1.807, 2.05) is 26.0 Å². The molecular weight excluding hydrogens is 420 g/mol. The van der Waals surface area contributed by atoms with Crippen LogP contribution in [0, 0.1) is 13.8 Å². The van der Waals surface area contributed by atoms with Crippen LogP contribution in [0.3, 0.4) is 0 Å². The number of carbonyl (C=O) groups is 1. The van der Waals surface area contributed by atoms with Crippen LogP contribution < -0.4 is 4.74 Å². The van der Waals surface area contributed by atoms with E-state index in [1.54, 1.807) is 18.2 Å². The zero-order valence-electron chi connectivity index (χ0n) is 14.0. The largest absolute Gasteiger partial charge is 0.437 e. The Morgan fingerprint density at radius 2 is 1.69 bits per heavy atom. The van der Waals surface area contributed by atoms with Gasteiger partial charge < -0.3 is 9.15 Å². The summed E-state index contributed by atoms with van der Waals surface area (Å²) in [6.45, 7) is 3.76. The Labute approximate surface area is 159 Å². The first-order valence-electron chi connectivity index (χ1n) is 7.67. The molecule has 7 heteroatoms. The fourth-order valence-corrected chi connectivity index (χ4v) is 3.81. The Morgan fingerprint density at radius 1 is 1.00 bits per heavy atom. The normalized spacial score (nSPS) is 11.3. The van der Waals surface area contributed by atoms with Crippen molar-refractivity contribution < 1.29 is 22.4 Å². The van der Waals surface area contributed by atoms with Crippen LogP contribution in [0.1, 0.15) is 21.7 Å². The highest BCUT2D eigenvalue weighted by atomic mass is 79.9. The van der Waals surface area contributed by atoms with Crippen LogP contribution in [0.4, 0.5) is 0 Å². The van der Waals surface area contributed by atoms with Gasteiger partial charge in [0.1, 0.15) is 5.75 Å². The number of halogens is 1. The van der Waals surface area contributed by atoms with Crippen molar-refractivity contribution in [3.05, 3.63) is 76.0 Å². The number of aryl methyl sites for hydroxylation is 2. The van der Waals surface area contributed by atoms with E-state index in [9.17, 15) is 13.2 Å². The van der Waals surface area contributed by atoms with Gasteiger partial charge in [-0.1, -0.05) is 33.6 Å². The van der Waals surface area contributed by atoms with Crippen molar-refractivity contribution in [2.45, 2.75) is 23.8 Å². The van der Waals surface area contributed by atoms with E-state index < -0.39 is 15.8 Å². The Bertz CT molecular complexity index is 1070. The van der Waals surface area contributed by atoms with Crippen molar-refractivity contribution >= 4 is 31.7 Å². The monoisotopic (exact) mass is 434 g/mol. The van der Waals surface area contributed by atoms with E-state index in [2.05, 4.69) is 15.9 Å². The molecule has 2 aromatic carbocycles. The smallest absolute Gasteiger partial charge is 0.379 e. The van der Waals surface area contributed by atoms with E-state index in [-0.39, 0.29) is 15.7 Å². The number of benzene rings is 2. The van der Waals surface area contributed by atoms with Crippen LogP contribution in [0.2, 0.25) is 0 Å². The molecule has 0 bridgehead atoms. The zero-order chi connectivity index (χ0) is 18.9. The van der Waals surface area contributed by atoms with Gasteiger partial charge in [0.05, 0.1) is 4.90 Å². The van der Waals surface area contributed by atoms with Crippen LogP contribution in [0.15, 0.2) is 73.5 Å². The molecule has 0 radical (unpaired) electrons. The molecule has 0 N–H and O–H groups in total. The maximum absolute atomic E-state index is 12.6. The topological polar surface area (TPSA) is 73.6 Å². The summed E-state index contributed by atoms with van der Waals surface area (Å²) in [5.41, 5.74) is 1.84. The SMILES string of the molecule is Cc1ccc(OC(=O)c2ccc(S(=O)(=O)c3ccc(Br)cc3)o2)c(C)c1. The van der Waals surface area contributed by atoms with Crippen LogP contribution in [0.25, 0.3) is 0 Å². The molecule has 0 spiro atoms. The van der Waals surface area contributed by atoms with Crippen molar-refractivity contribution in [2.24, 2.45) is 0 Å². The molecule has 26 heavy (non-hydrogen) atoms. The van der Waals surface area contributed by atoms with Gasteiger partial charge in [-0.05, 0) is 61.9 Å². The first-order chi connectivity index (χ1) is 12.3. The third kappa shape index (κ3) is 3.73. The summed E-state index contributed by atoms with van der Waals surface area (Å²) >= 11 is 3.25. The molecule has 1 aromatic heterocycles. The molecule has 0 saturated heterocycles. The minimum atomic E-state index is -3.85. The highest BCUT2D eigenvalue weighted by Crippen LogP contribution is 2.26. The molecule has 0 fully saturated rings. The second kappa shape index (κ2) is 7.09. The van der Waals surface area contributed by atoms with Gasteiger partial charge in [-0.25, -0.2) is 13.2 Å². The Balaban J connectivity index is 1.85. The van der Waals surface area contributed by atoms with E-state index in [0.717, 1.165) is 15.6 Å². The second-order valence-corrected chi connectivity index (χ2v) is 8.53. The summed E-state index contributed by atoms with van der Waals surface area (Å²) in [4.78, 5) is 12.3. The number of ether oxygens (including phenoxy) is 1. The molecule has 0 saturated carbocycles. The fraction of sp³-hybridized carbons (Fsp3) is 0.105. The maximum Gasteiger partial charge on any atom is 0.379 e. The number of hydrogen-bond donors (Lipinski definition) is 0. The van der Waals surface area contributed by atoms with Crippen LogP contribution in [-0.2, 0) is 9.84 Å². The molecule has 3 aromatic rings. The van der Waals surface area contributed by atoms with Crippen molar-refractivity contribution in [3.63, 3.8) is 0 Å². The Morgan fingerprint density at radius 3 is 2.35 bits per heavy atom. The quantitative estimate of drug-likeness (QED) is 0.438. The van der Waals surface area contributed by atoms with Gasteiger partial charge >= 0.3 is 5.97 Å². The van der Waals surface area contributed by atoms with Gasteiger partial charge in [-0.15, -0.1) is 0 Å². The predicted octanol–water partition coefficient (Wildman–Crippen LogP) is 4.71. The molecule has 0 aliphatic heterocycles. The fourth-order valence-electron chi connectivity index (χ4n) is 2.37. The van der Waals surface area contributed by atoms with Crippen molar-refractivity contribution in [1.29, 1.82) is 0 Å². The van der Waals surface area contributed by atoms with E-state index >= 15 is 0 Å². The van der Waals surface area contributed by atoms with Crippen LogP contribution in [0.5, 0.6) is 5.75 Å². The molecular formula is C19H15BrO5S. The number of carbonyl (C=O) groups excluding carboxylic acids is 1. The van der Waals surface area contributed by atoms with Crippen molar-refractivity contribution in [1.82, 2.24) is 0 Å². The number of rotatable bonds is 4. The summed E-state index contributed by atoms with van der Waals surface area (Å²) in [7, 11) is -3.85. The molecule has 0 atom stereocenters. The minimum Gasteiger partial charge on any atom is -0.437 e. The minimum absolute atomic E-state index is 0.0735. The van der Waals surface area contributed by atoms with Gasteiger partial charge in [0.15, 0.2) is 0 Å². The first-order valence-corrected chi connectivity index (χ1v) is 9.95. The van der Waals surface area contributed by atoms with E-state index in [0.29, 0.717) is 5.75 Å². The van der Waals surface area contributed by atoms with Gasteiger partial charge in [0.25, 0.3) is 0 Å². The van der Waals surface area contributed by atoms with Gasteiger partial charge in [0, 0.05) is 4.47 Å². The molecule has 134 valence electrons. The number of sulfone groups is 1. The molecule has 5 nitrogen and oxygen atoms in total. The lowest BCUT2D eigenvalue weighted by molar-refractivity contribution is 0.0694. The first kappa shape index (κ1) is 18.4. The van der Waals surface area contributed by atoms with E-state index in [1.165, 1.54) is 24.3 Å². The third-order valence-corrected chi connectivity index (χ3v) is 5.87. The average molecular weight is 435 g/mol. The lowest BCUT2D eigenvalue weighted by atomic mass is 10.1. The standard InChI is InChI=1S/C19H15BrO5S/c1-12-3-8-16(13(2)11-12)25-19(21)17-9-10-18(24-17)26(22,23)15-6-4-14(20)5-7-15/h3-11H,1-2H3. The summed E-state index contributed by atoms with van der Waals surface area (Å²) < 4.78 is 36.5. The van der Waals surface area contributed by atoms with Crippen LogP contribution in [-0.4, -0.2) is 14.4 Å². The lowest BCUT2D eigenvalue weighted by Gasteiger charge is -2.06. The zero-order valence-corrected chi connectivity index (χ0v) is 16.4. The molecule has 0 aliphatic carbocycles. The summed E-state index contributed by atoms with van der Waals surface area (Å²) in [6, 6.07) is 14.1. The number of furan rings is 1. The molecule has 0 unspecified atom stereocenters. The van der Waals surface area contributed by atoms with Crippen molar-refractivity contribution in [2.75, 3.05) is 0 Å². The highest BCUT2D eigenvalue weighted by Gasteiger charge is 2.24. The lowest BCUT2D eigenvalue weighted by Crippen LogP contribution is -2.08. The summed E-state index contributed by atoms with van der Waals surface area (Å²) in [5, 5.41) is -0.313. The molecule has 0 aliphatic rings. The Kier molecular flexibility index (Phi) is 5.02. The highest BCUT2D eigenvalue weighted by molar-refractivity contribution is 9.10. The Hall–Kier alpha value is -2.38. The number of esters is 1. The van der Waals surface area contributed by atoms with Crippen molar-refractivity contribution in [3.8, 4) is 5.75 Å². The van der Waals surface area contributed by atoms with E-state index in [4.69, 9.17) is 9.15 Å².